The number of carbonyl (C=O) groups excluding carboxylic acids is 1. The van der Waals surface area contributed by atoms with Crippen LogP contribution in [-0.2, 0) is 9.53 Å². The Morgan fingerprint density at radius 2 is 2.31 bits per heavy atom. The largest absolute Gasteiger partial charge is 0.466 e. The van der Waals surface area contributed by atoms with Crippen LogP contribution in [0.25, 0.3) is 0 Å². The summed E-state index contributed by atoms with van der Waals surface area (Å²) in [7, 11) is 0. The summed E-state index contributed by atoms with van der Waals surface area (Å²) in [6.07, 6.45) is 3.30. The molecule has 3 saturated carbocycles. The number of hydrogen-bond donors (Lipinski definition) is 1. The van der Waals surface area contributed by atoms with Gasteiger partial charge in [0.1, 0.15) is 0 Å². The lowest BCUT2D eigenvalue weighted by atomic mass is 9.67. The minimum absolute atomic E-state index is 0.0204. The second-order valence-electron chi connectivity index (χ2n) is 4.38. The first-order valence-corrected chi connectivity index (χ1v) is 5.08. The summed E-state index contributed by atoms with van der Waals surface area (Å²) < 4.78 is 5.06. The van der Waals surface area contributed by atoms with E-state index in [9.17, 15) is 4.79 Å². The third-order valence-electron chi connectivity index (χ3n) is 3.68. The van der Waals surface area contributed by atoms with Crippen molar-refractivity contribution in [2.45, 2.75) is 26.2 Å². The molecule has 3 rings (SSSR count). The molecule has 2 bridgehead atoms. The van der Waals surface area contributed by atoms with Gasteiger partial charge in [-0.3, -0.25) is 4.79 Å². The highest BCUT2D eigenvalue weighted by Crippen LogP contribution is 2.61. The van der Waals surface area contributed by atoms with E-state index < -0.39 is 0 Å². The molecule has 0 aromatic rings. The third-order valence-corrected chi connectivity index (χ3v) is 3.68. The predicted octanol–water partition coefficient (Wildman–Crippen LogP) is 0.924. The maximum atomic E-state index is 11.6. The quantitative estimate of drug-likeness (QED) is 0.662. The summed E-state index contributed by atoms with van der Waals surface area (Å²) in [6.45, 7) is 2.99. The van der Waals surface area contributed by atoms with Crippen LogP contribution in [0.1, 0.15) is 26.2 Å². The van der Waals surface area contributed by atoms with Gasteiger partial charge in [0.15, 0.2) is 0 Å². The van der Waals surface area contributed by atoms with Gasteiger partial charge in [0, 0.05) is 0 Å². The van der Waals surface area contributed by atoms with Gasteiger partial charge in [-0.15, -0.1) is 0 Å². The number of esters is 1. The molecule has 0 aromatic heterocycles. The summed E-state index contributed by atoms with van der Waals surface area (Å²) in [5.74, 6) is 0.827. The predicted molar refractivity (Wildman–Crippen MR) is 49.0 cm³/mol. The van der Waals surface area contributed by atoms with Gasteiger partial charge in [-0.2, -0.15) is 0 Å². The molecule has 3 aliphatic rings. The van der Waals surface area contributed by atoms with Crippen LogP contribution in [0.2, 0.25) is 0 Å². The van der Waals surface area contributed by atoms with E-state index in [4.69, 9.17) is 10.5 Å². The zero-order chi connectivity index (χ0) is 9.47. The molecule has 0 spiro atoms. The Hall–Kier alpha value is -0.570. The molecule has 3 aliphatic carbocycles. The van der Waals surface area contributed by atoms with E-state index in [0.29, 0.717) is 13.2 Å². The molecular formula is C10H17NO2. The first-order valence-electron chi connectivity index (χ1n) is 5.08. The number of ether oxygens (including phenoxy) is 1. The van der Waals surface area contributed by atoms with E-state index in [0.717, 1.165) is 25.2 Å². The monoisotopic (exact) mass is 183 g/mol. The van der Waals surface area contributed by atoms with Crippen molar-refractivity contribution >= 4 is 5.97 Å². The van der Waals surface area contributed by atoms with Gasteiger partial charge in [-0.1, -0.05) is 0 Å². The molecule has 0 radical (unpaired) electrons. The smallest absolute Gasteiger partial charge is 0.309 e. The normalized spacial score (nSPS) is 41.4. The number of nitrogens with two attached hydrogens (primary N) is 1. The SMILES string of the molecule is CCOC(=O)C1CC2CC1(CN)C2. The average Bonchev–Trinajstić information content (AvgIpc) is 2.57. The highest BCUT2D eigenvalue weighted by molar-refractivity contribution is 5.74. The molecule has 3 heteroatoms. The van der Waals surface area contributed by atoms with E-state index in [-0.39, 0.29) is 17.3 Å². The van der Waals surface area contributed by atoms with Crippen molar-refractivity contribution in [1.82, 2.24) is 0 Å². The van der Waals surface area contributed by atoms with E-state index in [1.807, 2.05) is 6.92 Å². The fourth-order valence-electron chi connectivity index (χ4n) is 3.02. The van der Waals surface area contributed by atoms with Gasteiger partial charge in [-0.25, -0.2) is 0 Å². The maximum absolute atomic E-state index is 11.6. The van der Waals surface area contributed by atoms with Crippen molar-refractivity contribution in [2.24, 2.45) is 23.0 Å². The summed E-state index contributed by atoms with van der Waals surface area (Å²) >= 11 is 0. The lowest BCUT2D eigenvalue weighted by molar-refractivity contribution is -0.151. The summed E-state index contributed by atoms with van der Waals surface area (Å²) in [5, 5.41) is 0. The zero-order valence-electron chi connectivity index (χ0n) is 8.08. The first kappa shape index (κ1) is 9.00. The third kappa shape index (κ3) is 1.17. The molecule has 0 heterocycles. The van der Waals surface area contributed by atoms with E-state index >= 15 is 0 Å². The molecule has 0 amide bonds. The topological polar surface area (TPSA) is 52.3 Å². The molecule has 1 atom stereocenters. The molecule has 0 saturated heterocycles. The molecule has 2 N–H and O–H groups in total. The highest BCUT2D eigenvalue weighted by atomic mass is 16.5. The number of hydrogen-bond acceptors (Lipinski definition) is 3. The molecular weight excluding hydrogens is 166 g/mol. The second-order valence-corrected chi connectivity index (χ2v) is 4.38. The van der Waals surface area contributed by atoms with Crippen molar-refractivity contribution in [3.8, 4) is 0 Å². The van der Waals surface area contributed by atoms with Gasteiger partial charge in [0.05, 0.1) is 12.5 Å². The van der Waals surface area contributed by atoms with Crippen LogP contribution in [0.5, 0.6) is 0 Å². The zero-order valence-corrected chi connectivity index (χ0v) is 8.08. The van der Waals surface area contributed by atoms with E-state index in [1.54, 1.807) is 0 Å². The molecule has 13 heavy (non-hydrogen) atoms. The van der Waals surface area contributed by atoms with Crippen molar-refractivity contribution in [3.05, 3.63) is 0 Å². The van der Waals surface area contributed by atoms with Crippen LogP contribution < -0.4 is 5.73 Å². The minimum atomic E-state index is -0.0204. The molecule has 0 aliphatic heterocycles. The van der Waals surface area contributed by atoms with Crippen LogP contribution in [0.4, 0.5) is 0 Å². The van der Waals surface area contributed by atoms with Gasteiger partial charge in [0.2, 0.25) is 0 Å². The fourth-order valence-corrected chi connectivity index (χ4v) is 3.02. The summed E-state index contributed by atoms with van der Waals surface area (Å²) in [4.78, 5) is 11.6. The Labute approximate surface area is 78.6 Å². The Bertz CT molecular complexity index is 221. The molecule has 1 unspecified atom stereocenters. The van der Waals surface area contributed by atoms with Crippen molar-refractivity contribution in [1.29, 1.82) is 0 Å². The Kier molecular flexibility index (Phi) is 2.06. The molecule has 0 aromatic carbocycles. The molecule has 74 valence electrons. The second kappa shape index (κ2) is 2.98. The summed E-state index contributed by atoms with van der Waals surface area (Å²) in [6, 6.07) is 0. The van der Waals surface area contributed by atoms with E-state index in [2.05, 4.69) is 0 Å². The van der Waals surface area contributed by atoms with Crippen molar-refractivity contribution in [3.63, 3.8) is 0 Å². The van der Waals surface area contributed by atoms with Crippen molar-refractivity contribution in [2.75, 3.05) is 13.2 Å². The van der Waals surface area contributed by atoms with E-state index in [1.165, 1.54) is 0 Å². The van der Waals surface area contributed by atoms with Crippen LogP contribution in [-0.4, -0.2) is 19.1 Å². The van der Waals surface area contributed by atoms with Gasteiger partial charge < -0.3 is 10.5 Å². The Morgan fingerprint density at radius 1 is 1.62 bits per heavy atom. The number of fused-ring (bicyclic) bond motifs is 1. The maximum Gasteiger partial charge on any atom is 0.309 e. The van der Waals surface area contributed by atoms with Gasteiger partial charge >= 0.3 is 5.97 Å². The molecule has 3 nitrogen and oxygen atoms in total. The standard InChI is InChI=1S/C10H17NO2/c1-2-13-9(12)8-3-7-4-10(8,5-7)6-11/h7-8H,2-6,11H2,1H3. The van der Waals surface area contributed by atoms with Gasteiger partial charge in [-0.05, 0) is 44.1 Å². The van der Waals surface area contributed by atoms with Crippen LogP contribution in [0.3, 0.4) is 0 Å². The average molecular weight is 183 g/mol. The first-order chi connectivity index (χ1) is 6.22. The van der Waals surface area contributed by atoms with Gasteiger partial charge in [0.25, 0.3) is 0 Å². The van der Waals surface area contributed by atoms with Crippen molar-refractivity contribution < 1.29 is 9.53 Å². The lowest BCUT2D eigenvalue weighted by Crippen LogP contribution is -2.42. The minimum Gasteiger partial charge on any atom is -0.466 e. The van der Waals surface area contributed by atoms with Crippen LogP contribution in [0.15, 0.2) is 0 Å². The summed E-state index contributed by atoms with van der Waals surface area (Å²) in [5.41, 5.74) is 5.84. The fraction of sp³-hybridized carbons (Fsp3) is 0.900. The number of rotatable bonds is 3. The van der Waals surface area contributed by atoms with Crippen LogP contribution >= 0.6 is 0 Å². The highest BCUT2D eigenvalue weighted by Gasteiger charge is 2.59. The molecule has 3 fully saturated rings. The Morgan fingerprint density at radius 3 is 2.85 bits per heavy atom. The lowest BCUT2D eigenvalue weighted by Gasteiger charge is -2.39. The van der Waals surface area contributed by atoms with Crippen LogP contribution in [0, 0.1) is 17.3 Å². The Balaban J connectivity index is 2.04. The number of carbonyl (C=O) groups is 1.